The molecule has 1 heterocycles. The van der Waals surface area contributed by atoms with Crippen LogP contribution in [0, 0.1) is 5.92 Å². The molecule has 2 atom stereocenters. The molecule has 1 rings (SSSR count). The van der Waals surface area contributed by atoms with E-state index >= 15 is 0 Å². The van der Waals surface area contributed by atoms with E-state index in [1.807, 2.05) is 0 Å². The number of rotatable bonds is 9. The zero-order valence-corrected chi connectivity index (χ0v) is 13.9. The molecule has 5 nitrogen and oxygen atoms in total. The average molecular weight is 306 g/mol. The molecule has 0 amide bonds. The van der Waals surface area contributed by atoms with Crippen LogP contribution in [0.2, 0.25) is 0 Å². The van der Waals surface area contributed by atoms with Crippen LogP contribution in [0.25, 0.3) is 0 Å². The van der Waals surface area contributed by atoms with E-state index in [4.69, 9.17) is 4.74 Å². The summed E-state index contributed by atoms with van der Waals surface area (Å²) in [5.41, 5.74) is 0. The van der Waals surface area contributed by atoms with Crippen molar-refractivity contribution in [3.63, 3.8) is 0 Å². The maximum atomic E-state index is 12.3. The Labute approximate surface area is 124 Å². The number of nitrogens with zero attached hydrogens (tertiary/aromatic N) is 1. The van der Waals surface area contributed by atoms with E-state index in [1.165, 1.54) is 0 Å². The van der Waals surface area contributed by atoms with Crippen molar-refractivity contribution in [2.24, 2.45) is 5.92 Å². The first-order chi connectivity index (χ1) is 9.51. The third-order valence-corrected chi connectivity index (χ3v) is 5.91. The maximum Gasteiger partial charge on any atom is 0.214 e. The van der Waals surface area contributed by atoms with Crippen LogP contribution in [0.15, 0.2) is 0 Å². The smallest absolute Gasteiger partial charge is 0.214 e. The van der Waals surface area contributed by atoms with Crippen LogP contribution in [-0.2, 0) is 14.8 Å². The molecular weight excluding hydrogens is 276 g/mol. The van der Waals surface area contributed by atoms with Gasteiger partial charge in [0.25, 0.3) is 0 Å². The molecule has 120 valence electrons. The fourth-order valence-electron chi connectivity index (χ4n) is 2.69. The molecule has 0 aliphatic carbocycles. The van der Waals surface area contributed by atoms with E-state index in [-0.39, 0.29) is 5.75 Å². The monoisotopic (exact) mass is 306 g/mol. The Hall–Kier alpha value is -0.170. The van der Waals surface area contributed by atoms with Crippen LogP contribution in [0.1, 0.15) is 39.5 Å². The van der Waals surface area contributed by atoms with Crippen molar-refractivity contribution in [1.29, 1.82) is 0 Å². The highest BCUT2D eigenvalue weighted by Crippen LogP contribution is 2.22. The van der Waals surface area contributed by atoms with Crippen LogP contribution in [0.3, 0.4) is 0 Å². The van der Waals surface area contributed by atoms with Crippen molar-refractivity contribution in [2.75, 3.05) is 39.1 Å². The standard InChI is InChI=1S/C14H30N2O3S/c1-4-8-15-13(2)14-7-5-9-16(12-14)20(17,18)11-6-10-19-3/h13-15H,4-12H2,1-3H3. The SMILES string of the molecule is CCCNC(C)C1CCCN(S(=O)(=O)CCCOC)C1. The van der Waals surface area contributed by atoms with E-state index in [2.05, 4.69) is 19.2 Å². The van der Waals surface area contributed by atoms with Gasteiger partial charge in [-0.1, -0.05) is 6.92 Å². The lowest BCUT2D eigenvalue weighted by Gasteiger charge is -2.35. The summed E-state index contributed by atoms with van der Waals surface area (Å²) in [6, 6.07) is 0.381. The molecule has 1 N–H and O–H groups in total. The molecule has 0 aromatic rings. The Balaban J connectivity index is 2.50. The van der Waals surface area contributed by atoms with E-state index in [0.717, 1.165) is 25.8 Å². The van der Waals surface area contributed by atoms with E-state index in [9.17, 15) is 8.42 Å². The molecule has 0 bridgehead atoms. The topological polar surface area (TPSA) is 58.6 Å². The Kier molecular flexibility index (Phi) is 8.02. The molecule has 0 aromatic carbocycles. The Bertz CT molecular complexity index is 359. The summed E-state index contributed by atoms with van der Waals surface area (Å²) < 4.78 is 31.2. The van der Waals surface area contributed by atoms with Gasteiger partial charge < -0.3 is 10.1 Å². The van der Waals surface area contributed by atoms with Crippen LogP contribution in [-0.4, -0.2) is 57.9 Å². The van der Waals surface area contributed by atoms with Gasteiger partial charge >= 0.3 is 0 Å². The van der Waals surface area contributed by atoms with Crippen LogP contribution >= 0.6 is 0 Å². The summed E-state index contributed by atoms with van der Waals surface area (Å²) in [6.07, 6.45) is 3.76. The van der Waals surface area contributed by atoms with Crippen molar-refractivity contribution < 1.29 is 13.2 Å². The van der Waals surface area contributed by atoms with E-state index in [0.29, 0.717) is 38.1 Å². The second kappa shape index (κ2) is 8.97. The number of ether oxygens (including phenoxy) is 1. The van der Waals surface area contributed by atoms with Crippen molar-refractivity contribution in [3.05, 3.63) is 0 Å². The van der Waals surface area contributed by atoms with E-state index < -0.39 is 10.0 Å². The molecule has 0 saturated carbocycles. The fourth-order valence-corrected chi connectivity index (χ4v) is 4.25. The Morgan fingerprint density at radius 2 is 2.20 bits per heavy atom. The van der Waals surface area contributed by atoms with Gasteiger partial charge in [-0.15, -0.1) is 0 Å². The first kappa shape index (κ1) is 17.9. The number of sulfonamides is 1. The highest BCUT2D eigenvalue weighted by molar-refractivity contribution is 7.89. The van der Waals surface area contributed by atoms with Gasteiger partial charge in [0.2, 0.25) is 10.0 Å². The largest absolute Gasteiger partial charge is 0.385 e. The summed E-state index contributed by atoms with van der Waals surface area (Å²) in [5.74, 6) is 0.622. The van der Waals surface area contributed by atoms with Crippen molar-refractivity contribution in [3.8, 4) is 0 Å². The normalized spacial score (nSPS) is 22.9. The zero-order valence-electron chi connectivity index (χ0n) is 13.1. The van der Waals surface area contributed by atoms with Gasteiger partial charge in [-0.3, -0.25) is 0 Å². The molecule has 0 radical (unpaired) electrons. The van der Waals surface area contributed by atoms with Crippen LogP contribution < -0.4 is 5.32 Å². The number of methoxy groups -OCH3 is 1. The zero-order chi connectivity index (χ0) is 15.0. The number of hydrogen-bond acceptors (Lipinski definition) is 4. The van der Waals surface area contributed by atoms with Crippen molar-refractivity contribution in [2.45, 2.75) is 45.6 Å². The van der Waals surface area contributed by atoms with Gasteiger partial charge in [0.05, 0.1) is 5.75 Å². The molecule has 0 spiro atoms. The number of piperidine rings is 1. The van der Waals surface area contributed by atoms with Gasteiger partial charge in [-0.25, -0.2) is 12.7 Å². The van der Waals surface area contributed by atoms with Crippen molar-refractivity contribution in [1.82, 2.24) is 9.62 Å². The van der Waals surface area contributed by atoms with Gasteiger partial charge in [0.1, 0.15) is 0 Å². The maximum absolute atomic E-state index is 12.3. The molecule has 1 fully saturated rings. The van der Waals surface area contributed by atoms with Crippen LogP contribution in [0.5, 0.6) is 0 Å². The van der Waals surface area contributed by atoms with E-state index in [1.54, 1.807) is 11.4 Å². The minimum absolute atomic E-state index is 0.199. The average Bonchev–Trinajstić information content (AvgIpc) is 2.45. The first-order valence-corrected chi connectivity index (χ1v) is 9.32. The summed E-state index contributed by atoms with van der Waals surface area (Å²) in [7, 11) is -1.52. The number of hydrogen-bond donors (Lipinski definition) is 1. The minimum Gasteiger partial charge on any atom is -0.385 e. The summed E-state index contributed by atoms with van der Waals surface area (Å²) in [4.78, 5) is 0. The lowest BCUT2D eigenvalue weighted by molar-refractivity contribution is 0.197. The summed E-state index contributed by atoms with van der Waals surface area (Å²) in [6.45, 7) is 7.15. The molecule has 1 aliphatic rings. The molecule has 2 unspecified atom stereocenters. The summed E-state index contributed by atoms with van der Waals surface area (Å²) >= 11 is 0. The molecule has 0 aromatic heterocycles. The molecular formula is C14H30N2O3S. The number of nitrogens with one attached hydrogen (secondary N) is 1. The Morgan fingerprint density at radius 3 is 2.85 bits per heavy atom. The van der Waals surface area contributed by atoms with Crippen molar-refractivity contribution >= 4 is 10.0 Å². The highest BCUT2D eigenvalue weighted by Gasteiger charge is 2.30. The predicted molar refractivity (Wildman–Crippen MR) is 82.3 cm³/mol. The second-order valence-electron chi connectivity index (χ2n) is 5.67. The lowest BCUT2D eigenvalue weighted by Crippen LogP contribution is -2.47. The third-order valence-electron chi connectivity index (χ3n) is 3.99. The molecule has 1 aliphatic heterocycles. The first-order valence-electron chi connectivity index (χ1n) is 7.71. The molecule has 6 heteroatoms. The van der Waals surface area contributed by atoms with Gasteiger partial charge in [0, 0.05) is 32.8 Å². The van der Waals surface area contributed by atoms with Gasteiger partial charge in [-0.05, 0) is 45.1 Å². The van der Waals surface area contributed by atoms with Gasteiger partial charge in [0.15, 0.2) is 0 Å². The lowest BCUT2D eigenvalue weighted by atomic mass is 9.93. The fraction of sp³-hybridized carbons (Fsp3) is 1.00. The predicted octanol–water partition coefficient (Wildman–Crippen LogP) is 1.45. The molecule has 1 saturated heterocycles. The quantitative estimate of drug-likeness (QED) is 0.655. The third kappa shape index (κ3) is 5.68. The minimum atomic E-state index is -3.12. The van der Waals surface area contributed by atoms with Crippen LogP contribution in [0.4, 0.5) is 0 Å². The highest BCUT2D eigenvalue weighted by atomic mass is 32.2. The second-order valence-corrected chi connectivity index (χ2v) is 7.75. The molecule has 20 heavy (non-hydrogen) atoms. The summed E-state index contributed by atoms with van der Waals surface area (Å²) in [5, 5.41) is 3.48. The van der Waals surface area contributed by atoms with Gasteiger partial charge in [-0.2, -0.15) is 0 Å². The Morgan fingerprint density at radius 1 is 1.45 bits per heavy atom.